The van der Waals surface area contributed by atoms with E-state index in [1.165, 1.54) is 0 Å². The summed E-state index contributed by atoms with van der Waals surface area (Å²) in [6.45, 7) is 6.21. The summed E-state index contributed by atoms with van der Waals surface area (Å²) in [5.41, 5.74) is 3.98. The van der Waals surface area contributed by atoms with Crippen molar-refractivity contribution in [2.75, 3.05) is 0 Å². The van der Waals surface area contributed by atoms with E-state index in [9.17, 15) is 9.59 Å². The van der Waals surface area contributed by atoms with Crippen LogP contribution in [-0.2, 0) is 14.3 Å². The van der Waals surface area contributed by atoms with E-state index >= 15 is 0 Å². The summed E-state index contributed by atoms with van der Waals surface area (Å²) in [5.74, 6) is -0.570. The molecule has 0 unspecified atom stereocenters. The number of nitrogens with one attached hydrogen (secondary N) is 1. The molecule has 0 amide bonds. The number of ether oxygens (including phenoxy) is 1. The molecule has 166 valence electrons. The minimum atomic E-state index is -0.408. The fourth-order valence-corrected chi connectivity index (χ4v) is 5.74. The number of benzene rings is 2. The second kappa shape index (κ2) is 7.91. The van der Waals surface area contributed by atoms with E-state index < -0.39 is 5.92 Å². The zero-order valence-electron chi connectivity index (χ0n) is 19.2. The third-order valence-corrected chi connectivity index (χ3v) is 7.17. The van der Waals surface area contributed by atoms with Crippen LogP contribution in [0.5, 0.6) is 0 Å². The van der Waals surface area contributed by atoms with Crippen LogP contribution in [-0.4, -0.2) is 17.9 Å². The molecule has 1 heterocycles. The Kier molecular flexibility index (Phi) is 5.19. The van der Waals surface area contributed by atoms with Gasteiger partial charge in [-0.1, -0.05) is 56.3 Å². The van der Waals surface area contributed by atoms with E-state index in [-0.39, 0.29) is 23.3 Å². The minimum absolute atomic E-state index is 0.0210. The number of Topliss-reactive ketones (excluding diaryl/α,β-unsaturated/α-hetero) is 1. The van der Waals surface area contributed by atoms with Crippen LogP contribution in [0.1, 0.15) is 70.8 Å². The van der Waals surface area contributed by atoms with Crippen molar-refractivity contribution >= 4 is 22.5 Å². The van der Waals surface area contributed by atoms with Gasteiger partial charge in [0, 0.05) is 29.3 Å². The van der Waals surface area contributed by atoms with E-state index in [0.29, 0.717) is 12.0 Å². The van der Waals surface area contributed by atoms with Gasteiger partial charge in [-0.3, -0.25) is 4.79 Å². The van der Waals surface area contributed by atoms with Crippen molar-refractivity contribution in [3.63, 3.8) is 0 Å². The van der Waals surface area contributed by atoms with Gasteiger partial charge in [-0.2, -0.15) is 0 Å². The smallest absolute Gasteiger partial charge is 0.337 e. The molecule has 5 rings (SSSR count). The zero-order valence-corrected chi connectivity index (χ0v) is 19.2. The molecule has 1 saturated carbocycles. The Labute approximate surface area is 189 Å². The summed E-state index contributed by atoms with van der Waals surface area (Å²) in [5, 5.41) is 5.63. The Hall–Kier alpha value is -2.88. The predicted molar refractivity (Wildman–Crippen MR) is 126 cm³/mol. The van der Waals surface area contributed by atoms with E-state index in [2.05, 4.69) is 43.4 Å². The Balaban J connectivity index is 1.67. The number of allylic oxidation sites excluding steroid dienone is 3. The molecule has 2 aliphatic carbocycles. The van der Waals surface area contributed by atoms with Crippen LogP contribution in [0.25, 0.3) is 10.8 Å². The normalized spacial score (nSPS) is 23.3. The van der Waals surface area contributed by atoms with Crippen LogP contribution >= 0.6 is 0 Å². The predicted octanol–water partition coefficient (Wildman–Crippen LogP) is 5.93. The first-order valence-corrected chi connectivity index (χ1v) is 11.8. The van der Waals surface area contributed by atoms with Gasteiger partial charge in [-0.25, -0.2) is 4.79 Å². The fraction of sp³-hybridized carbons (Fsp3) is 0.429. The van der Waals surface area contributed by atoms with Crippen LogP contribution in [0.15, 0.2) is 65.0 Å². The zero-order chi connectivity index (χ0) is 22.5. The van der Waals surface area contributed by atoms with Gasteiger partial charge >= 0.3 is 5.97 Å². The number of rotatable bonds is 3. The lowest BCUT2D eigenvalue weighted by Gasteiger charge is -2.39. The first-order chi connectivity index (χ1) is 15.3. The average Bonchev–Trinajstić information content (AvgIpc) is 3.24. The van der Waals surface area contributed by atoms with Crippen molar-refractivity contribution in [1.29, 1.82) is 0 Å². The van der Waals surface area contributed by atoms with Gasteiger partial charge in [-0.15, -0.1) is 0 Å². The van der Waals surface area contributed by atoms with E-state index in [1.54, 1.807) is 0 Å². The molecule has 2 aromatic rings. The highest BCUT2D eigenvalue weighted by molar-refractivity contribution is 6.05. The lowest BCUT2D eigenvalue weighted by atomic mass is 9.68. The monoisotopic (exact) mass is 429 g/mol. The van der Waals surface area contributed by atoms with Gasteiger partial charge < -0.3 is 10.1 Å². The second-order valence-corrected chi connectivity index (χ2v) is 10.3. The summed E-state index contributed by atoms with van der Waals surface area (Å²) in [7, 11) is 0. The number of esters is 1. The molecule has 3 aliphatic rings. The van der Waals surface area contributed by atoms with Gasteiger partial charge in [0.05, 0.1) is 5.57 Å². The minimum Gasteiger partial charge on any atom is -0.459 e. The van der Waals surface area contributed by atoms with Crippen molar-refractivity contribution < 1.29 is 14.3 Å². The molecule has 0 radical (unpaired) electrons. The van der Waals surface area contributed by atoms with Crippen LogP contribution in [0.2, 0.25) is 0 Å². The molecule has 0 saturated heterocycles. The molecule has 1 fully saturated rings. The quantitative estimate of drug-likeness (QED) is 0.615. The van der Waals surface area contributed by atoms with Gasteiger partial charge in [0.15, 0.2) is 5.78 Å². The molecular weight excluding hydrogens is 398 g/mol. The summed E-state index contributed by atoms with van der Waals surface area (Å²) in [6.07, 6.45) is 5.30. The second-order valence-electron chi connectivity index (χ2n) is 10.3. The number of dihydropyridines is 1. The number of ketones is 1. The summed E-state index contributed by atoms with van der Waals surface area (Å²) >= 11 is 0. The Morgan fingerprint density at radius 1 is 1.03 bits per heavy atom. The largest absolute Gasteiger partial charge is 0.459 e. The third kappa shape index (κ3) is 3.66. The lowest BCUT2D eigenvalue weighted by Crippen LogP contribution is -2.39. The number of carbonyl (C=O) groups excluding carboxylic acids is 2. The first-order valence-electron chi connectivity index (χ1n) is 11.8. The molecule has 1 aliphatic heterocycles. The van der Waals surface area contributed by atoms with Gasteiger partial charge in [0.2, 0.25) is 0 Å². The molecule has 1 atom stereocenters. The Bertz CT molecular complexity index is 1160. The maximum absolute atomic E-state index is 13.5. The number of carbonyl (C=O) groups is 2. The molecule has 0 bridgehead atoms. The SMILES string of the molecule is CC1=C(C(=O)OC2CCCC2)[C@@H](c2cccc3ccccc23)C2=C(CC(C)(C)CC2=O)N1. The van der Waals surface area contributed by atoms with E-state index in [1.807, 2.05) is 25.1 Å². The molecule has 4 nitrogen and oxygen atoms in total. The van der Waals surface area contributed by atoms with Crippen LogP contribution < -0.4 is 5.32 Å². The highest BCUT2D eigenvalue weighted by Gasteiger charge is 2.43. The molecule has 4 heteroatoms. The maximum atomic E-state index is 13.5. The van der Waals surface area contributed by atoms with Crippen LogP contribution in [0.4, 0.5) is 0 Å². The standard InChI is InChI=1S/C28H31NO3/c1-17-24(27(31)32-19-11-5-6-12-19)25(21-14-8-10-18-9-4-7-13-20(18)21)26-22(29-17)15-28(2,3)16-23(26)30/h4,7-10,13-14,19,25,29H,5-6,11-12,15-16H2,1-3H3/t25-/m1/s1. The van der Waals surface area contributed by atoms with Crippen LogP contribution in [0.3, 0.4) is 0 Å². The molecule has 0 aromatic heterocycles. The first kappa shape index (κ1) is 21.0. The topological polar surface area (TPSA) is 55.4 Å². The van der Waals surface area contributed by atoms with Crippen molar-refractivity contribution in [3.8, 4) is 0 Å². The molecular formula is C28H31NO3. The molecule has 32 heavy (non-hydrogen) atoms. The van der Waals surface area contributed by atoms with Gasteiger partial charge in [-0.05, 0) is 60.8 Å². The Morgan fingerprint density at radius 3 is 2.53 bits per heavy atom. The van der Waals surface area contributed by atoms with Crippen molar-refractivity contribution in [2.24, 2.45) is 5.41 Å². The molecule has 1 N–H and O–H groups in total. The van der Waals surface area contributed by atoms with E-state index in [4.69, 9.17) is 4.74 Å². The number of hydrogen-bond donors (Lipinski definition) is 1. The number of hydrogen-bond acceptors (Lipinski definition) is 4. The summed E-state index contributed by atoms with van der Waals surface area (Å²) < 4.78 is 5.97. The van der Waals surface area contributed by atoms with Crippen molar-refractivity contribution in [3.05, 3.63) is 70.6 Å². The highest BCUT2D eigenvalue weighted by atomic mass is 16.5. The summed E-state index contributed by atoms with van der Waals surface area (Å²) in [6, 6.07) is 14.4. The third-order valence-electron chi connectivity index (χ3n) is 7.17. The van der Waals surface area contributed by atoms with Crippen molar-refractivity contribution in [2.45, 2.75) is 71.3 Å². The summed E-state index contributed by atoms with van der Waals surface area (Å²) in [4.78, 5) is 27.0. The number of fused-ring (bicyclic) bond motifs is 1. The molecule has 0 spiro atoms. The van der Waals surface area contributed by atoms with Crippen molar-refractivity contribution in [1.82, 2.24) is 5.32 Å². The highest BCUT2D eigenvalue weighted by Crippen LogP contribution is 2.48. The maximum Gasteiger partial charge on any atom is 0.337 e. The van der Waals surface area contributed by atoms with E-state index in [0.717, 1.165) is 65.4 Å². The van der Waals surface area contributed by atoms with Gasteiger partial charge in [0.25, 0.3) is 0 Å². The van der Waals surface area contributed by atoms with Gasteiger partial charge in [0.1, 0.15) is 6.10 Å². The lowest BCUT2D eigenvalue weighted by molar-refractivity contribution is -0.144. The fourth-order valence-electron chi connectivity index (χ4n) is 5.74. The average molecular weight is 430 g/mol. The molecule has 2 aromatic carbocycles. The van der Waals surface area contributed by atoms with Crippen LogP contribution in [0, 0.1) is 5.41 Å². The Morgan fingerprint density at radius 2 is 1.75 bits per heavy atom.